The summed E-state index contributed by atoms with van der Waals surface area (Å²) in [6.45, 7) is 3.51. The average Bonchev–Trinajstić information content (AvgIpc) is 2.38. The van der Waals surface area contributed by atoms with Crippen LogP contribution in [0.15, 0.2) is 35.2 Å². The predicted molar refractivity (Wildman–Crippen MR) is 74.8 cm³/mol. The van der Waals surface area contributed by atoms with E-state index in [4.69, 9.17) is 11.6 Å². The molecule has 0 aliphatic rings. The highest BCUT2D eigenvalue weighted by atomic mass is 35.5. The lowest BCUT2D eigenvalue weighted by atomic mass is 10.4. The van der Waals surface area contributed by atoms with Gasteiger partial charge in [-0.2, -0.15) is 0 Å². The van der Waals surface area contributed by atoms with E-state index in [9.17, 15) is 4.79 Å². The van der Waals surface area contributed by atoms with Gasteiger partial charge in [0.25, 0.3) is 0 Å². The Hall–Kier alpha value is -0.670. The zero-order valence-electron chi connectivity index (χ0n) is 10.1. The Morgan fingerprint density at radius 2 is 2.06 bits per heavy atom. The van der Waals surface area contributed by atoms with Gasteiger partial charge in [-0.1, -0.05) is 18.2 Å². The fourth-order valence-electron chi connectivity index (χ4n) is 1.46. The number of carbonyl (C=O) groups excluding carboxylic acids is 1. The number of amides is 1. The number of alkyl halides is 1. The van der Waals surface area contributed by atoms with Gasteiger partial charge in [-0.15, -0.1) is 23.4 Å². The lowest BCUT2D eigenvalue weighted by Gasteiger charge is -2.20. The highest BCUT2D eigenvalue weighted by molar-refractivity contribution is 8.00. The predicted octanol–water partition coefficient (Wildman–Crippen LogP) is 3.26. The van der Waals surface area contributed by atoms with Gasteiger partial charge in [-0.05, 0) is 25.5 Å². The number of nitrogens with zero attached hydrogens (tertiary/aromatic N) is 1. The Labute approximate surface area is 112 Å². The molecule has 0 aliphatic heterocycles. The molecule has 0 radical (unpaired) electrons. The summed E-state index contributed by atoms with van der Waals surface area (Å²) >= 11 is 7.22. The summed E-state index contributed by atoms with van der Waals surface area (Å²) in [5.74, 6) is 1.29. The van der Waals surface area contributed by atoms with Gasteiger partial charge in [-0.25, -0.2) is 0 Å². The first-order valence-corrected chi connectivity index (χ1v) is 7.31. The maximum atomic E-state index is 11.9. The van der Waals surface area contributed by atoms with Crippen LogP contribution in [0, 0.1) is 0 Å². The van der Waals surface area contributed by atoms with Gasteiger partial charge < -0.3 is 4.90 Å². The van der Waals surface area contributed by atoms with Crippen molar-refractivity contribution < 1.29 is 4.79 Å². The van der Waals surface area contributed by atoms with Crippen LogP contribution < -0.4 is 0 Å². The second kappa shape index (κ2) is 8.43. The molecule has 0 atom stereocenters. The maximum absolute atomic E-state index is 11.9. The van der Waals surface area contributed by atoms with Crippen molar-refractivity contribution in [2.24, 2.45) is 0 Å². The van der Waals surface area contributed by atoms with E-state index in [2.05, 4.69) is 0 Å². The molecule has 0 aliphatic carbocycles. The minimum absolute atomic E-state index is 0.187. The minimum atomic E-state index is 0.187. The third kappa shape index (κ3) is 5.46. The van der Waals surface area contributed by atoms with Crippen LogP contribution in [0.3, 0.4) is 0 Å². The molecule has 0 saturated heterocycles. The molecule has 0 saturated carbocycles. The third-order valence-electron chi connectivity index (χ3n) is 2.40. The highest BCUT2D eigenvalue weighted by Gasteiger charge is 2.11. The zero-order valence-corrected chi connectivity index (χ0v) is 11.6. The highest BCUT2D eigenvalue weighted by Crippen LogP contribution is 2.17. The fraction of sp³-hybridized carbons (Fsp3) is 0.462. The van der Waals surface area contributed by atoms with E-state index in [0.717, 1.165) is 24.4 Å². The molecule has 0 heterocycles. The van der Waals surface area contributed by atoms with Crippen molar-refractivity contribution in [3.8, 4) is 0 Å². The summed E-state index contributed by atoms with van der Waals surface area (Å²) in [6, 6.07) is 9.99. The molecule has 0 unspecified atom stereocenters. The van der Waals surface area contributed by atoms with Crippen molar-refractivity contribution in [1.29, 1.82) is 0 Å². The number of hydrogen-bond donors (Lipinski definition) is 0. The van der Waals surface area contributed by atoms with Crippen molar-refractivity contribution in [2.75, 3.05) is 24.7 Å². The van der Waals surface area contributed by atoms with Gasteiger partial charge in [0.05, 0.1) is 5.75 Å². The first-order chi connectivity index (χ1) is 8.27. The van der Waals surface area contributed by atoms with E-state index in [1.165, 1.54) is 0 Å². The molecule has 17 heavy (non-hydrogen) atoms. The molecule has 0 spiro atoms. The van der Waals surface area contributed by atoms with Gasteiger partial charge in [-0.3, -0.25) is 4.79 Å². The summed E-state index contributed by atoms with van der Waals surface area (Å²) in [4.78, 5) is 14.9. The smallest absolute Gasteiger partial charge is 0.232 e. The summed E-state index contributed by atoms with van der Waals surface area (Å²) in [5.41, 5.74) is 0. The molecule has 94 valence electrons. The van der Waals surface area contributed by atoms with Crippen LogP contribution in [0.4, 0.5) is 0 Å². The van der Waals surface area contributed by atoms with Gasteiger partial charge in [0.15, 0.2) is 0 Å². The first kappa shape index (κ1) is 14.4. The SMILES string of the molecule is CCN(CCCCl)C(=O)CSc1ccccc1. The Balaban J connectivity index is 2.37. The summed E-state index contributed by atoms with van der Waals surface area (Å²) in [7, 11) is 0. The van der Waals surface area contributed by atoms with Gasteiger partial charge in [0, 0.05) is 23.9 Å². The molecule has 0 bridgehead atoms. The Morgan fingerprint density at radius 3 is 2.65 bits per heavy atom. The Morgan fingerprint density at radius 1 is 1.35 bits per heavy atom. The fourth-order valence-corrected chi connectivity index (χ4v) is 2.40. The summed E-state index contributed by atoms with van der Waals surface area (Å²) < 4.78 is 0. The summed E-state index contributed by atoms with van der Waals surface area (Å²) in [6.07, 6.45) is 0.858. The van der Waals surface area contributed by atoms with Crippen LogP contribution in [0.25, 0.3) is 0 Å². The minimum Gasteiger partial charge on any atom is -0.342 e. The molecule has 1 aromatic rings. The van der Waals surface area contributed by atoms with Crippen LogP contribution in [0.5, 0.6) is 0 Å². The zero-order chi connectivity index (χ0) is 12.5. The van der Waals surface area contributed by atoms with Crippen molar-refractivity contribution in [2.45, 2.75) is 18.2 Å². The molecular formula is C13H18ClNOS. The lowest BCUT2D eigenvalue weighted by Crippen LogP contribution is -2.33. The number of thioether (sulfide) groups is 1. The number of carbonyl (C=O) groups is 1. The van der Waals surface area contributed by atoms with E-state index >= 15 is 0 Å². The van der Waals surface area contributed by atoms with Gasteiger partial charge in [0.1, 0.15) is 0 Å². The number of hydrogen-bond acceptors (Lipinski definition) is 2. The summed E-state index contributed by atoms with van der Waals surface area (Å²) in [5, 5.41) is 0. The second-order valence-electron chi connectivity index (χ2n) is 3.62. The topological polar surface area (TPSA) is 20.3 Å². The Bertz CT molecular complexity index is 331. The average molecular weight is 272 g/mol. The van der Waals surface area contributed by atoms with Crippen LogP contribution in [-0.4, -0.2) is 35.5 Å². The van der Waals surface area contributed by atoms with Crippen molar-refractivity contribution in [1.82, 2.24) is 4.90 Å². The number of halogens is 1. The van der Waals surface area contributed by atoms with Crippen molar-refractivity contribution in [3.05, 3.63) is 30.3 Å². The third-order valence-corrected chi connectivity index (χ3v) is 3.67. The van der Waals surface area contributed by atoms with Crippen LogP contribution >= 0.6 is 23.4 Å². The van der Waals surface area contributed by atoms with Crippen LogP contribution in [0.2, 0.25) is 0 Å². The van der Waals surface area contributed by atoms with E-state index in [-0.39, 0.29) is 5.91 Å². The monoisotopic (exact) mass is 271 g/mol. The maximum Gasteiger partial charge on any atom is 0.232 e. The quantitative estimate of drug-likeness (QED) is 0.560. The molecule has 0 N–H and O–H groups in total. The standard InChI is InChI=1S/C13H18ClNOS/c1-2-15(10-6-9-14)13(16)11-17-12-7-4-3-5-8-12/h3-5,7-8H,2,6,9-11H2,1H3. The lowest BCUT2D eigenvalue weighted by molar-refractivity contribution is -0.128. The molecule has 1 aromatic carbocycles. The molecule has 0 aromatic heterocycles. The van der Waals surface area contributed by atoms with Crippen LogP contribution in [-0.2, 0) is 4.79 Å². The molecular weight excluding hydrogens is 254 g/mol. The molecule has 1 amide bonds. The van der Waals surface area contributed by atoms with Crippen molar-refractivity contribution >= 4 is 29.3 Å². The van der Waals surface area contributed by atoms with E-state index in [1.807, 2.05) is 42.2 Å². The first-order valence-electron chi connectivity index (χ1n) is 5.79. The Kier molecular flexibility index (Phi) is 7.13. The normalized spacial score (nSPS) is 10.2. The van der Waals surface area contributed by atoms with E-state index < -0.39 is 0 Å². The molecule has 2 nitrogen and oxygen atoms in total. The van der Waals surface area contributed by atoms with Gasteiger partial charge >= 0.3 is 0 Å². The number of rotatable bonds is 7. The van der Waals surface area contributed by atoms with E-state index in [1.54, 1.807) is 11.8 Å². The van der Waals surface area contributed by atoms with Crippen molar-refractivity contribution in [3.63, 3.8) is 0 Å². The molecule has 1 rings (SSSR count). The second-order valence-corrected chi connectivity index (χ2v) is 5.04. The van der Waals surface area contributed by atoms with Gasteiger partial charge in [0.2, 0.25) is 5.91 Å². The van der Waals surface area contributed by atoms with Crippen LogP contribution in [0.1, 0.15) is 13.3 Å². The number of benzene rings is 1. The molecule has 0 fully saturated rings. The van der Waals surface area contributed by atoms with E-state index in [0.29, 0.717) is 11.6 Å². The largest absolute Gasteiger partial charge is 0.342 e. The molecule has 4 heteroatoms.